The largest absolute Gasteiger partial charge is 0.433 e. The van der Waals surface area contributed by atoms with Crippen LogP contribution < -0.4 is 5.32 Å². The Morgan fingerprint density at radius 1 is 1.10 bits per heavy atom. The summed E-state index contributed by atoms with van der Waals surface area (Å²) in [6.45, 7) is 3.67. The standard InChI is InChI=1S/C20H15F3N4OS/c1-11-5-3-6-12(2)18(11)25-19(28)14-10-17-24-13(15-7-4-8-29-15)9-16(20(21,22)23)27(17)26-14/h3-10H,1-2H3,(H,25,28). The van der Waals surface area contributed by atoms with E-state index in [9.17, 15) is 18.0 Å². The molecule has 1 aromatic carbocycles. The van der Waals surface area contributed by atoms with E-state index in [1.807, 2.05) is 32.0 Å². The molecular formula is C20H15F3N4OS. The number of amides is 1. The molecule has 148 valence electrons. The van der Waals surface area contributed by atoms with Gasteiger partial charge in [-0.05, 0) is 42.5 Å². The van der Waals surface area contributed by atoms with Crippen LogP contribution in [0.1, 0.15) is 27.3 Å². The summed E-state index contributed by atoms with van der Waals surface area (Å²) in [6, 6.07) is 11.2. The number of aromatic nitrogens is 3. The number of alkyl halides is 3. The molecule has 0 aliphatic carbocycles. The normalized spacial score (nSPS) is 11.8. The van der Waals surface area contributed by atoms with Crippen LogP contribution >= 0.6 is 11.3 Å². The van der Waals surface area contributed by atoms with Crippen LogP contribution in [0.25, 0.3) is 16.2 Å². The van der Waals surface area contributed by atoms with Crippen LogP contribution in [-0.4, -0.2) is 20.5 Å². The van der Waals surface area contributed by atoms with Gasteiger partial charge in [0.1, 0.15) is 0 Å². The zero-order valence-corrected chi connectivity index (χ0v) is 16.2. The predicted octanol–water partition coefficient (Wildman–Crippen LogP) is 5.35. The van der Waals surface area contributed by atoms with E-state index in [1.54, 1.807) is 17.5 Å². The second kappa shape index (κ2) is 7.00. The first-order chi connectivity index (χ1) is 13.7. The third-order valence-electron chi connectivity index (χ3n) is 4.44. The Morgan fingerprint density at radius 2 is 1.83 bits per heavy atom. The molecule has 3 heterocycles. The Labute approximate surface area is 167 Å². The van der Waals surface area contributed by atoms with E-state index in [0.29, 0.717) is 15.1 Å². The summed E-state index contributed by atoms with van der Waals surface area (Å²) in [7, 11) is 0. The number of carbonyl (C=O) groups excluding carboxylic acids is 1. The van der Waals surface area contributed by atoms with E-state index < -0.39 is 17.8 Å². The minimum absolute atomic E-state index is 0.0464. The minimum Gasteiger partial charge on any atom is -0.320 e. The van der Waals surface area contributed by atoms with Crippen LogP contribution in [0.3, 0.4) is 0 Å². The monoisotopic (exact) mass is 416 g/mol. The van der Waals surface area contributed by atoms with Gasteiger partial charge in [0.15, 0.2) is 17.0 Å². The highest BCUT2D eigenvalue weighted by atomic mass is 32.1. The SMILES string of the molecule is Cc1cccc(C)c1NC(=O)c1cc2nc(-c3cccs3)cc(C(F)(F)F)n2n1. The molecule has 29 heavy (non-hydrogen) atoms. The van der Waals surface area contributed by atoms with Crippen molar-refractivity contribution < 1.29 is 18.0 Å². The Balaban J connectivity index is 1.80. The van der Waals surface area contributed by atoms with E-state index >= 15 is 0 Å². The summed E-state index contributed by atoms with van der Waals surface area (Å²) in [5.41, 5.74) is 1.30. The van der Waals surface area contributed by atoms with Gasteiger partial charge in [-0.25, -0.2) is 9.50 Å². The van der Waals surface area contributed by atoms with Crippen molar-refractivity contribution in [2.45, 2.75) is 20.0 Å². The first-order valence-electron chi connectivity index (χ1n) is 8.63. The van der Waals surface area contributed by atoms with E-state index in [0.717, 1.165) is 17.2 Å². The molecule has 0 fully saturated rings. The maximum absolute atomic E-state index is 13.6. The number of halogens is 3. The van der Waals surface area contributed by atoms with Crippen molar-refractivity contribution in [1.29, 1.82) is 0 Å². The fraction of sp³-hybridized carbons (Fsp3) is 0.150. The lowest BCUT2D eigenvalue weighted by Crippen LogP contribution is -2.16. The Hall–Kier alpha value is -3.20. The summed E-state index contributed by atoms with van der Waals surface area (Å²) in [4.78, 5) is 17.5. The third kappa shape index (κ3) is 3.61. The molecule has 1 amide bonds. The molecule has 0 radical (unpaired) electrons. The summed E-state index contributed by atoms with van der Waals surface area (Å²) in [5.74, 6) is -0.598. The molecule has 3 aromatic heterocycles. The molecule has 0 spiro atoms. The van der Waals surface area contributed by atoms with Crippen molar-refractivity contribution >= 4 is 28.6 Å². The average Bonchev–Trinajstić information content (AvgIpc) is 3.32. The van der Waals surface area contributed by atoms with Gasteiger partial charge < -0.3 is 5.32 Å². The lowest BCUT2D eigenvalue weighted by molar-refractivity contribution is -0.142. The van der Waals surface area contributed by atoms with Crippen molar-refractivity contribution in [2.24, 2.45) is 0 Å². The number of nitrogens with zero attached hydrogens (tertiary/aromatic N) is 3. The number of aryl methyl sites for hydroxylation is 2. The van der Waals surface area contributed by atoms with Crippen molar-refractivity contribution in [3.05, 3.63) is 70.4 Å². The highest BCUT2D eigenvalue weighted by Gasteiger charge is 2.35. The zero-order chi connectivity index (χ0) is 20.8. The van der Waals surface area contributed by atoms with Gasteiger partial charge in [-0.2, -0.15) is 18.3 Å². The molecule has 4 aromatic rings. The second-order valence-corrected chi connectivity index (χ2v) is 7.47. The molecule has 0 saturated heterocycles. The number of fused-ring (bicyclic) bond motifs is 1. The third-order valence-corrected chi connectivity index (χ3v) is 5.34. The molecule has 0 aliphatic heterocycles. The Morgan fingerprint density at radius 3 is 2.45 bits per heavy atom. The summed E-state index contributed by atoms with van der Waals surface area (Å²) in [5, 5.41) is 8.38. The second-order valence-electron chi connectivity index (χ2n) is 6.52. The van der Waals surface area contributed by atoms with Crippen molar-refractivity contribution in [3.8, 4) is 10.6 Å². The van der Waals surface area contributed by atoms with E-state index in [1.165, 1.54) is 17.4 Å². The fourth-order valence-electron chi connectivity index (χ4n) is 3.03. The molecule has 0 unspecified atom stereocenters. The van der Waals surface area contributed by atoms with E-state index in [-0.39, 0.29) is 17.0 Å². The van der Waals surface area contributed by atoms with Crippen molar-refractivity contribution in [2.75, 3.05) is 5.32 Å². The lowest BCUT2D eigenvalue weighted by Gasteiger charge is -2.10. The summed E-state index contributed by atoms with van der Waals surface area (Å²) >= 11 is 1.28. The molecule has 4 rings (SSSR count). The maximum Gasteiger partial charge on any atom is 0.433 e. The summed E-state index contributed by atoms with van der Waals surface area (Å²) < 4.78 is 41.5. The number of rotatable bonds is 3. The van der Waals surface area contributed by atoms with E-state index in [4.69, 9.17) is 0 Å². The summed E-state index contributed by atoms with van der Waals surface area (Å²) in [6.07, 6.45) is -4.65. The van der Waals surface area contributed by atoms with Crippen LogP contribution in [-0.2, 0) is 6.18 Å². The van der Waals surface area contributed by atoms with Crippen molar-refractivity contribution in [3.63, 3.8) is 0 Å². The van der Waals surface area contributed by atoms with Gasteiger partial charge in [0, 0.05) is 11.8 Å². The first-order valence-corrected chi connectivity index (χ1v) is 9.51. The number of nitrogens with one attached hydrogen (secondary N) is 1. The van der Waals surface area contributed by atoms with Gasteiger partial charge in [-0.3, -0.25) is 4.79 Å². The van der Waals surface area contributed by atoms with Crippen LogP contribution in [0, 0.1) is 13.8 Å². The maximum atomic E-state index is 13.6. The smallest absolute Gasteiger partial charge is 0.320 e. The van der Waals surface area contributed by atoms with E-state index in [2.05, 4.69) is 15.4 Å². The molecular weight excluding hydrogens is 401 g/mol. The Bertz CT molecular complexity index is 1190. The topological polar surface area (TPSA) is 59.3 Å². The predicted molar refractivity (Wildman–Crippen MR) is 105 cm³/mol. The molecule has 9 heteroatoms. The molecule has 0 saturated carbocycles. The minimum atomic E-state index is -4.65. The lowest BCUT2D eigenvalue weighted by atomic mass is 10.1. The number of benzene rings is 1. The van der Waals surface area contributed by atoms with Crippen molar-refractivity contribution in [1.82, 2.24) is 14.6 Å². The average molecular weight is 416 g/mol. The van der Waals surface area contributed by atoms with Gasteiger partial charge in [-0.15, -0.1) is 11.3 Å². The van der Waals surface area contributed by atoms with Gasteiger partial charge in [0.05, 0.1) is 10.6 Å². The van der Waals surface area contributed by atoms with Gasteiger partial charge >= 0.3 is 6.18 Å². The highest BCUT2D eigenvalue weighted by Crippen LogP contribution is 2.33. The number of carbonyl (C=O) groups is 1. The first kappa shape index (κ1) is 19.1. The fourth-order valence-corrected chi connectivity index (χ4v) is 3.71. The number of thiophene rings is 1. The van der Waals surface area contributed by atoms with Gasteiger partial charge in [0.2, 0.25) is 0 Å². The quantitative estimate of drug-likeness (QED) is 0.490. The van der Waals surface area contributed by atoms with Crippen LogP contribution in [0.5, 0.6) is 0 Å². The molecule has 0 aliphatic rings. The zero-order valence-electron chi connectivity index (χ0n) is 15.4. The van der Waals surface area contributed by atoms with Crippen LogP contribution in [0.2, 0.25) is 0 Å². The van der Waals surface area contributed by atoms with Crippen LogP contribution in [0.4, 0.5) is 18.9 Å². The van der Waals surface area contributed by atoms with Gasteiger partial charge in [0.25, 0.3) is 5.91 Å². The number of anilines is 1. The number of hydrogen-bond acceptors (Lipinski definition) is 4. The van der Waals surface area contributed by atoms with Gasteiger partial charge in [-0.1, -0.05) is 24.3 Å². The number of para-hydroxylation sites is 1. The Kier molecular flexibility index (Phi) is 4.62. The molecule has 0 atom stereocenters. The molecule has 5 nitrogen and oxygen atoms in total. The number of hydrogen-bond donors (Lipinski definition) is 1. The van der Waals surface area contributed by atoms with Crippen LogP contribution in [0.15, 0.2) is 47.8 Å². The molecule has 0 bridgehead atoms. The molecule has 1 N–H and O–H groups in total. The highest BCUT2D eigenvalue weighted by molar-refractivity contribution is 7.13.